The van der Waals surface area contributed by atoms with Gasteiger partial charge in [0, 0.05) is 6.42 Å². The maximum absolute atomic E-state index is 12.3. The molecule has 13 heavy (non-hydrogen) atoms. The maximum atomic E-state index is 12.3. The molecule has 1 aromatic heterocycles. The first kappa shape index (κ1) is 9.39. The van der Waals surface area contributed by atoms with Crippen LogP contribution < -0.4 is 4.74 Å². The molecule has 0 atom stereocenters. The Morgan fingerprint density at radius 3 is 2.77 bits per heavy atom. The summed E-state index contributed by atoms with van der Waals surface area (Å²) < 4.78 is 17.3. The zero-order valence-electron chi connectivity index (χ0n) is 6.90. The second kappa shape index (κ2) is 5.04. The molecule has 1 aromatic rings. The van der Waals surface area contributed by atoms with Crippen molar-refractivity contribution in [1.82, 2.24) is 9.97 Å². The van der Waals surface area contributed by atoms with Gasteiger partial charge in [0.25, 0.3) is 0 Å². The lowest BCUT2D eigenvalue weighted by Crippen LogP contribution is -2.00. The third kappa shape index (κ3) is 3.47. The van der Waals surface area contributed by atoms with Crippen LogP contribution in [0.1, 0.15) is 12.8 Å². The van der Waals surface area contributed by atoms with Gasteiger partial charge in [-0.25, -0.2) is 14.4 Å². The highest BCUT2D eigenvalue weighted by molar-refractivity contribution is 4.95. The SMILES string of the molecule is N#CCCCOc1ncc(F)cn1. The Morgan fingerprint density at radius 2 is 2.15 bits per heavy atom. The van der Waals surface area contributed by atoms with Gasteiger partial charge in [-0.05, 0) is 6.42 Å². The number of nitriles is 1. The van der Waals surface area contributed by atoms with Gasteiger partial charge in [0.2, 0.25) is 0 Å². The molecule has 0 aromatic carbocycles. The highest BCUT2D eigenvalue weighted by Crippen LogP contribution is 2.01. The highest BCUT2D eigenvalue weighted by Gasteiger charge is 1.96. The number of nitrogens with zero attached hydrogens (tertiary/aromatic N) is 3. The van der Waals surface area contributed by atoms with Crippen molar-refractivity contribution in [2.45, 2.75) is 12.8 Å². The third-order valence-electron chi connectivity index (χ3n) is 1.26. The fraction of sp³-hybridized carbons (Fsp3) is 0.375. The van der Waals surface area contributed by atoms with Gasteiger partial charge in [0.15, 0.2) is 5.82 Å². The third-order valence-corrected chi connectivity index (χ3v) is 1.26. The fourth-order valence-electron chi connectivity index (χ4n) is 0.690. The van der Waals surface area contributed by atoms with Crippen molar-refractivity contribution >= 4 is 0 Å². The second-order valence-electron chi connectivity index (χ2n) is 2.29. The van der Waals surface area contributed by atoms with Crippen LogP contribution >= 0.6 is 0 Å². The highest BCUT2D eigenvalue weighted by atomic mass is 19.1. The molecule has 0 fully saturated rings. The van der Waals surface area contributed by atoms with E-state index in [2.05, 4.69) is 9.97 Å². The standard InChI is InChI=1S/C8H8FN3O/c9-7-5-11-8(12-6-7)13-4-2-1-3-10/h5-6H,1-2,4H2. The zero-order valence-corrected chi connectivity index (χ0v) is 6.90. The minimum atomic E-state index is -0.496. The number of unbranched alkanes of at least 4 members (excludes halogenated alkanes) is 1. The number of hydrogen-bond donors (Lipinski definition) is 0. The van der Waals surface area contributed by atoms with E-state index < -0.39 is 5.82 Å². The lowest BCUT2D eigenvalue weighted by Gasteiger charge is -2.00. The second-order valence-corrected chi connectivity index (χ2v) is 2.29. The molecule has 0 aliphatic rings. The molecule has 1 rings (SSSR count). The summed E-state index contributed by atoms with van der Waals surface area (Å²) in [6, 6.07) is 2.12. The summed E-state index contributed by atoms with van der Waals surface area (Å²) >= 11 is 0. The van der Waals surface area contributed by atoms with Gasteiger partial charge >= 0.3 is 6.01 Å². The van der Waals surface area contributed by atoms with Gasteiger partial charge in [-0.2, -0.15) is 5.26 Å². The van der Waals surface area contributed by atoms with Gasteiger partial charge in [-0.3, -0.25) is 0 Å². The lowest BCUT2D eigenvalue weighted by molar-refractivity contribution is 0.286. The Morgan fingerprint density at radius 1 is 1.46 bits per heavy atom. The van der Waals surface area contributed by atoms with Crippen LogP contribution in [-0.2, 0) is 0 Å². The van der Waals surface area contributed by atoms with Crippen molar-refractivity contribution in [3.63, 3.8) is 0 Å². The molecule has 0 aliphatic heterocycles. The molecule has 0 saturated carbocycles. The van der Waals surface area contributed by atoms with Gasteiger partial charge in [0.1, 0.15) is 0 Å². The van der Waals surface area contributed by atoms with E-state index in [4.69, 9.17) is 10.00 Å². The Labute approximate surface area is 75.0 Å². The normalized spacial score (nSPS) is 9.23. The van der Waals surface area contributed by atoms with Crippen LogP contribution in [0.15, 0.2) is 12.4 Å². The van der Waals surface area contributed by atoms with Crippen molar-refractivity contribution < 1.29 is 9.13 Å². The number of hydrogen-bond acceptors (Lipinski definition) is 4. The van der Waals surface area contributed by atoms with Crippen molar-refractivity contribution in [3.8, 4) is 12.1 Å². The molecule has 0 radical (unpaired) electrons. The number of aromatic nitrogens is 2. The minimum absolute atomic E-state index is 0.138. The van der Waals surface area contributed by atoms with Crippen LogP contribution in [0.25, 0.3) is 0 Å². The quantitative estimate of drug-likeness (QED) is 0.657. The minimum Gasteiger partial charge on any atom is -0.463 e. The number of halogens is 1. The van der Waals surface area contributed by atoms with Crippen molar-refractivity contribution in [2.75, 3.05) is 6.61 Å². The molecule has 0 bridgehead atoms. The Kier molecular flexibility index (Phi) is 3.64. The summed E-state index contributed by atoms with van der Waals surface area (Å²) in [5.74, 6) is -0.496. The first-order valence-corrected chi connectivity index (χ1v) is 3.80. The van der Waals surface area contributed by atoms with E-state index in [1.54, 1.807) is 0 Å². The first-order chi connectivity index (χ1) is 6.33. The van der Waals surface area contributed by atoms with Crippen molar-refractivity contribution in [2.24, 2.45) is 0 Å². The Bertz CT molecular complexity index is 293. The summed E-state index contributed by atoms with van der Waals surface area (Å²) in [5.41, 5.74) is 0. The zero-order chi connectivity index (χ0) is 9.52. The average molecular weight is 181 g/mol. The predicted octanol–water partition coefficient (Wildman–Crippen LogP) is 1.30. The molecular formula is C8H8FN3O. The van der Waals surface area contributed by atoms with Crippen LogP contribution in [0.2, 0.25) is 0 Å². The lowest BCUT2D eigenvalue weighted by atomic mass is 10.3. The van der Waals surface area contributed by atoms with Crippen LogP contribution in [-0.4, -0.2) is 16.6 Å². The van der Waals surface area contributed by atoms with E-state index >= 15 is 0 Å². The molecule has 0 spiro atoms. The summed E-state index contributed by atoms with van der Waals surface area (Å²) in [6.45, 7) is 0.374. The topological polar surface area (TPSA) is 58.8 Å². The van der Waals surface area contributed by atoms with Crippen LogP contribution in [0.3, 0.4) is 0 Å². The first-order valence-electron chi connectivity index (χ1n) is 3.80. The van der Waals surface area contributed by atoms with E-state index in [0.29, 0.717) is 19.4 Å². The summed E-state index contributed by atoms with van der Waals surface area (Å²) in [7, 11) is 0. The molecule has 0 amide bonds. The summed E-state index contributed by atoms with van der Waals surface area (Å²) in [5, 5.41) is 8.21. The monoisotopic (exact) mass is 181 g/mol. The molecule has 68 valence electrons. The molecule has 0 saturated heterocycles. The van der Waals surface area contributed by atoms with Crippen molar-refractivity contribution in [1.29, 1.82) is 5.26 Å². The Balaban J connectivity index is 2.30. The van der Waals surface area contributed by atoms with Gasteiger partial charge < -0.3 is 4.74 Å². The molecular weight excluding hydrogens is 173 g/mol. The average Bonchev–Trinajstić information content (AvgIpc) is 2.15. The van der Waals surface area contributed by atoms with E-state index in [1.165, 1.54) is 0 Å². The number of rotatable bonds is 4. The summed E-state index contributed by atoms with van der Waals surface area (Å²) in [4.78, 5) is 7.17. The van der Waals surface area contributed by atoms with E-state index in [9.17, 15) is 4.39 Å². The molecule has 0 aliphatic carbocycles. The number of ether oxygens (including phenoxy) is 1. The van der Waals surface area contributed by atoms with Gasteiger partial charge in [-0.1, -0.05) is 0 Å². The van der Waals surface area contributed by atoms with E-state index in [0.717, 1.165) is 12.4 Å². The van der Waals surface area contributed by atoms with E-state index in [-0.39, 0.29) is 6.01 Å². The van der Waals surface area contributed by atoms with Gasteiger partial charge in [-0.15, -0.1) is 0 Å². The molecule has 1 heterocycles. The van der Waals surface area contributed by atoms with Gasteiger partial charge in [0.05, 0.1) is 25.1 Å². The molecule has 0 N–H and O–H groups in total. The van der Waals surface area contributed by atoms with Crippen LogP contribution in [0.5, 0.6) is 6.01 Å². The molecule has 5 heteroatoms. The maximum Gasteiger partial charge on any atom is 0.316 e. The fourth-order valence-corrected chi connectivity index (χ4v) is 0.690. The van der Waals surface area contributed by atoms with Crippen LogP contribution in [0.4, 0.5) is 4.39 Å². The molecule has 0 unspecified atom stereocenters. The molecule has 4 nitrogen and oxygen atoms in total. The largest absolute Gasteiger partial charge is 0.463 e. The summed E-state index contributed by atoms with van der Waals surface area (Å²) in [6.07, 6.45) is 3.12. The predicted molar refractivity (Wildman–Crippen MR) is 42.3 cm³/mol. The smallest absolute Gasteiger partial charge is 0.316 e. The van der Waals surface area contributed by atoms with Crippen molar-refractivity contribution in [3.05, 3.63) is 18.2 Å². The van der Waals surface area contributed by atoms with Crippen LogP contribution in [0, 0.1) is 17.1 Å². The van der Waals surface area contributed by atoms with E-state index in [1.807, 2.05) is 6.07 Å². The Hall–Kier alpha value is -1.70.